The molecule has 9 nitrogen and oxygen atoms in total. The van der Waals surface area contributed by atoms with Crippen molar-refractivity contribution in [3.63, 3.8) is 0 Å². The number of urea groups is 1. The number of rotatable bonds is 10. The summed E-state index contributed by atoms with van der Waals surface area (Å²) < 4.78 is 0. The Hall–Kier alpha value is -2.42. The van der Waals surface area contributed by atoms with Crippen molar-refractivity contribution in [3.8, 4) is 0 Å². The quantitative estimate of drug-likeness (QED) is 0.517. The van der Waals surface area contributed by atoms with Crippen LogP contribution in [0.3, 0.4) is 0 Å². The lowest BCUT2D eigenvalue weighted by molar-refractivity contribution is -0.139. The van der Waals surface area contributed by atoms with Crippen LogP contribution >= 0.6 is 0 Å². The van der Waals surface area contributed by atoms with Gasteiger partial charge in [0.2, 0.25) is 5.95 Å². The number of carboxylic acid groups (broad SMARTS) is 1. The number of nitrogens with two attached hydrogens (primary N) is 1. The van der Waals surface area contributed by atoms with Gasteiger partial charge in [-0.1, -0.05) is 13.3 Å². The minimum atomic E-state index is -0.858. The molecule has 1 fully saturated rings. The summed E-state index contributed by atoms with van der Waals surface area (Å²) in [7, 11) is 0. The normalized spacial score (nSPS) is 17.3. The number of nitrogens with zero attached hydrogens (tertiary/aromatic N) is 4. The number of hydrogen-bond acceptors (Lipinski definition) is 6. The van der Waals surface area contributed by atoms with Gasteiger partial charge < -0.3 is 21.1 Å². The van der Waals surface area contributed by atoms with Crippen molar-refractivity contribution in [2.75, 3.05) is 44.2 Å². The Kier molecular flexibility index (Phi) is 7.78. The second-order valence-electron chi connectivity index (χ2n) is 7.43. The van der Waals surface area contributed by atoms with Crippen LogP contribution < -0.4 is 16.0 Å². The van der Waals surface area contributed by atoms with Crippen molar-refractivity contribution in [1.29, 1.82) is 0 Å². The van der Waals surface area contributed by atoms with E-state index in [2.05, 4.69) is 25.1 Å². The molecule has 0 bridgehead atoms. The Morgan fingerprint density at radius 2 is 1.89 bits per heavy atom. The van der Waals surface area contributed by atoms with Gasteiger partial charge in [-0.25, -0.2) is 14.8 Å². The highest BCUT2D eigenvalue weighted by molar-refractivity contribution is 5.72. The largest absolute Gasteiger partial charge is 0.481 e. The molecule has 4 N–H and O–H groups in total. The smallest absolute Gasteiger partial charge is 0.312 e. The van der Waals surface area contributed by atoms with E-state index in [4.69, 9.17) is 10.8 Å². The van der Waals surface area contributed by atoms with E-state index in [9.17, 15) is 9.59 Å². The van der Waals surface area contributed by atoms with Crippen molar-refractivity contribution >= 4 is 17.9 Å². The Labute approximate surface area is 160 Å². The SMILES string of the molecule is CC(CCCCN1CCN(c2ncccn2)CC1)(CNC(N)=O)CC(=O)O. The van der Waals surface area contributed by atoms with E-state index in [1.165, 1.54) is 0 Å². The lowest BCUT2D eigenvalue weighted by Crippen LogP contribution is -2.47. The van der Waals surface area contributed by atoms with Crippen LogP contribution in [-0.4, -0.2) is 71.2 Å². The van der Waals surface area contributed by atoms with E-state index >= 15 is 0 Å². The van der Waals surface area contributed by atoms with Crippen LogP contribution in [0, 0.1) is 5.41 Å². The zero-order valence-electron chi connectivity index (χ0n) is 15.9. The molecule has 1 saturated heterocycles. The molecule has 27 heavy (non-hydrogen) atoms. The molecule has 1 aromatic rings. The number of carboxylic acids is 1. The zero-order chi connectivity index (χ0) is 19.7. The fourth-order valence-electron chi connectivity index (χ4n) is 3.42. The van der Waals surface area contributed by atoms with Crippen LogP contribution in [0.25, 0.3) is 0 Å². The molecule has 1 aliphatic rings. The van der Waals surface area contributed by atoms with E-state index in [0.29, 0.717) is 0 Å². The molecule has 0 radical (unpaired) electrons. The van der Waals surface area contributed by atoms with Crippen molar-refractivity contribution in [1.82, 2.24) is 20.2 Å². The zero-order valence-corrected chi connectivity index (χ0v) is 15.9. The maximum Gasteiger partial charge on any atom is 0.312 e. The van der Waals surface area contributed by atoms with Gasteiger partial charge in [-0.2, -0.15) is 0 Å². The Balaban J connectivity index is 1.69. The van der Waals surface area contributed by atoms with Crippen LogP contribution in [0.5, 0.6) is 0 Å². The van der Waals surface area contributed by atoms with Crippen molar-refractivity contribution in [2.45, 2.75) is 32.6 Å². The highest BCUT2D eigenvalue weighted by atomic mass is 16.4. The van der Waals surface area contributed by atoms with Gasteiger partial charge in [-0.15, -0.1) is 0 Å². The summed E-state index contributed by atoms with van der Waals surface area (Å²) >= 11 is 0. The Morgan fingerprint density at radius 1 is 1.22 bits per heavy atom. The third kappa shape index (κ3) is 7.38. The molecule has 1 aliphatic heterocycles. The predicted molar refractivity (Wildman–Crippen MR) is 102 cm³/mol. The highest BCUT2D eigenvalue weighted by Crippen LogP contribution is 2.28. The van der Waals surface area contributed by atoms with Crippen LogP contribution in [0.2, 0.25) is 0 Å². The molecule has 1 unspecified atom stereocenters. The minimum Gasteiger partial charge on any atom is -0.481 e. The summed E-state index contributed by atoms with van der Waals surface area (Å²) in [5.74, 6) is -0.0773. The average Bonchev–Trinajstić information content (AvgIpc) is 2.64. The number of aliphatic carboxylic acids is 1. The first-order valence-electron chi connectivity index (χ1n) is 9.37. The predicted octanol–water partition coefficient (Wildman–Crippen LogP) is 0.918. The minimum absolute atomic E-state index is 0.0169. The van der Waals surface area contributed by atoms with Crippen molar-refractivity contribution < 1.29 is 14.7 Å². The van der Waals surface area contributed by atoms with Crippen LogP contribution in [0.15, 0.2) is 18.5 Å². The number of piperazine rings is 1. The molecular weight excluding hydrogens is 348 g/mol. The molecule has 2 rings (SSSR count). The van der Waals surface area contributed by atoms with E-state index in [1.54, 1.807) is 12.4 Å². The van der Waals surface area contributed by atoms with E-state index in [1.807, 2.05) is 13.0 Å². The van der Waals surface area contributed by atoms with E-state index in [0.717, 1.165) is 57.9 Å². The molecule has 0 aromatic carbocycles. The number of nitrogens with one attached hydrogen (secondary N) is 1. The Morgan fingerprint density at radius 3 is 2.48 bits per heavy atom. The van der Waals surface area contributed by atoms with E-state index in [-0.39, 0.29) is 13.0 Å². The average molecular weight is 378 g/mol. The topological polar surface area (TPSA) is 125 Å². The molecule has 1 atom stereocenters. The molecule has 0 spiro atoms. The molecule has 0 aliphatic carbocycles. The van der Waals surface area contributed by atoms with Gasteiger partial charge in [0.1, 0.15) is 0 Å². The summed E-state index contributed by atoms with van der Waals surface area (Å²) in [5, 5.41) is 11.7. The van der Waals surface area contributed by atoms with E-state index < -0.39 is 17.4 Å². The molecular formula is C18H30N6O3. The Bertz CT molecular complexity index is 606. The first-order valence-corrected chi connectivity index (χ1v) is 9.37. The maximum absolute atomic E-state index is 11.1. The fraction of sp³-hybridized carbons (Fsp3) is 0.667. The van der Waals surface area contributed by atoms with Gasteiger partial charge in [-0.05, 0) is 30.9 Å². The molecule has 9 heteroatoms. The van der Waals surface area contributed by atoms with Crippen LogP contribution in [-0.2, 0) is 4.79 Å². The summed E-state index contributed by atoms with van der Waals surface area (Å²) in [4.78, 5) is 35.3. The monoisotopic (exact) mass is 378 g/mol. The number of carbonyl (C=O) groups is 2. The number of carbonyl (C=O) groups excluding carboxylic acids is 1. The summed E-state index contributed by atoms with van der Waals surface area (Å²) in [5.41, 5.74) is 4.64. The van der Waals surface area contributed by atoms with Crippen molar-refractivity contribution in [2.24, 2.45) is 11.1 Å². The van der Waals surface area contributed by atoms with Gasteiger partial charge >= 0.3 is 12.0 Å². The third-order valence-electron chi connectivity index (χ3n) is 4.98. The molecule has 1 aromatic heterocycles. The summed E-state index contributed by atoms with van der Waals surface area (Å²) in [6, 6.07) is 1.20. The van der Waals surface area contributed by atoms with Gasteiger partial charge in [-0.3, -0.25) is 9.69 Å². The number of primary amides is 1. The first-order chi connectivity index (χ1) is 12.9. The third-order valence-corrected chi connectivity index (χ3v) is 4.98. The lowest BCUT2D eigenvalue weighted by Gasteiger charge is -2.35. The molecule has 2 heterocycles. The first kappa shape index (κ1) is 20.9. The molecule has 0 saturated carbocycles. The number of unbranched alkanes of at least 4 members (excludes halogenated alkanes) is 1. The number of hydrogen-bond donors (Lipinski definition) is 3. The fourth-order valence-corrected chi connectivity index (χ4v) is 3.42. The van der Waals surface area contributed by atoms with Crippen LogP contribution in [0.4, 0.5) is 10.7 Å². The second-order valence-corrected chi connectivity index (χ2v) is 7.43. The standard InChI is InChI=1S/C18H30N6O3/c1-18(13-15(25)26,14-22-16(19)27)5-2-3-8-23-9-11-24(12-10-23)17-20-6-4-7-21-17/h4,6-7H,2-3,5,8-14H2,1H3,(H,25,26)(H3,19,22,27). The highest BCUT2D eigenvalue weighted by Gasteiger charge is 2.27. The number of amides is 2. The van der Waals surface area contributed by atoms with Crippen molar-refractivity contribution in [3.05, 3.63) is 18.5 Å². The second kappa shape index (κ2) is 10.1. The number of anilines is 1. The summed E-state index contributed by atoms with van der Waals surface area (Å²) in [6.45, 7) is 6.89. The molecule has 2 amide bonds. The van der Waals surface area contributed by atoms with Crippen LogP contribution in [0.1, 0.15) is 32.6 Å². The number of aromatic nitrogens is 2. The van der Waals surface area contributed by atoms with Gasteiger partial charge in [0, 0.05) is 45.1 Å². The lowest BCUT2D eigenvalue weighted by atomic mass is 9.81. The molecule has 150 valence electrons. The van der Waals surface area contributed by atoms with Gasteiger partial charge in [0.25, 0.3) is 0 Å². The van der Waals surface area contributed by atoms with Gasteiger partial charge in [0.05, 0.1) is 6.42 Å². The summed E-state index contributed by atoms with van der Waals surface area (Å²) in [6.07, 6.45) is 6.17. The van der Waals surface area contributed by atoms with Gasteiger partial charge in [0.15, 0.2) is 0 Å². The maximum atomic E-state index is 11.1.